The van der Waals surface area contributed by atoms with Gasteiger partial charge >= 0.3 is 0 Å². The number of nitrogens with zero attached hydrogens (tertiary/aromatic N) is 1. The fourth-order valence-electron chi connectivity index (χ4n) is 3.87. The zero-order valence-electron chi connectivity index (χ0n) is 15.0. The number of hydrogen-bond donors (Lipinski definition) is 1. The molecule has 138 valence electrons. The molecular weight excluding hydrogens is 359 g/mol. The Morgan fingerprint density at radius 3 is 2.63 bits per heavy atom. The smallest absolute Gasteiger partial charge is 0.231 e. The molecule has 3 nitrogen and oxygen atoms in total. The van der Waals surface area contributed by atoms with Crippen molar-refractivity contribution in [2.24, 2.45) is 0 Å². The second-order valence-electron chi connectivity index (χ2n) is 6.97. The summed E-state index contributed by atoms with van der Waals surface area (Å²) in [5.41, 5.74) is 2.15. The van der Waals surface area contributed by atoms with Gasteiger partial charge in [-0.15, -0.1) is 11.3 Å². The average Bonchev–Trinajstić information content (AvgIpc) is 3.37. The van der Waals surface area contributed by atoms with Gasteiger partial charge in [-0.3, -0.25) is 4.79 Å². The van der Waals surface area contributed by atoms with E-state index in [0.717, 1.165) is 47.5 Å². The number of rotatable bonds is 5. The number of carbonyl (C=O) groups is 1. The lowest BCUT2D eigenvalue weighted by Crippen LogP contribution is -2.42. The van der Waals surface area contributed by atoms with E-state index < -0.39 is 5.41 Å². The Labute approximate surface area is 162 Å². The van der Waals surface area contributed by atoms with Crippen LogP contribution >= 0.6 is 11.3 Å². The topological polar surface area (TPSA) is 42.0 Å². The molecular formula is C22H21FN2OS. The highest BCUT2D eigenvalue weighted by atomic mass is 32.1. The van der Waals surface area contributed by atoms with Gasteiger partial charge in [0.1, 0.15) is 10.8 Å². The van der Waals surface area contributed by atoms with Gasteiger partial charge in [-0.1, -0.05) is 55.3 Å². The van der Waals surface area contributed by atoms with E-state index in [0.29, 0.717) is 6.54 Å². The largest absolute Gasteiger partial charge is 0.349 e. The first kappa shape index (κ1) is 17.9. The number of thiazole rings is 1. The van der Waals surface area contributed by atoms with Gasteiger partial charge in [-0.2, -0.15) is 0 Å². The third-order valence-corrected chi connectivity index (χ3v) is 6.14. The first-order valence-electron chi connectivity index (χ1n) is 9.22. The molecule has 1 N–H and O–H groups in total. The van der Waals surface area contributed by atoms with Crippen molar-refractivity contribution in [3.63, 3.8) is 0 Å². The summed E-state index contributed by atoms with van der Waals surface area (Å²) >= 11 is 1.54. The van der Waals surface area contributed by atoms with Crippen LogP contribution in [0.2, 0.25) is 0 Å². The summed E-state index contributed by atoms with van der Waals surface area (Å²) in [6.07, 6.45) is 3.49. The van der Waals surface area contributed by atoms with Gasteiger partial charge in [0.25, 0.3) is 0 Å². The number of halogens is 1. The van der Waals surface area contributed by atoms with Crippen molar-refractivity contribution in [3.8, 4) is 11.3 Å². The molecule has 0 bridgehead atoms. The van der Waals surface area contributed by atoms with Crippen molar-refractivity contribution < 1.29 is 9.18 Å². The van der Waals surface area contributed by atoms with Crippen molar-refractivity contribution in [3.05, 3.63) is 76.4 Å². The highest BCUT2D eigenvalue weighted by Gasteiger charge is 2.42. The lowest BCUT2D eigenvalue weighted by Gasteiger charge is -2.28. The molecule has 27 heavy (non-hydrogen) atoms. The van der Waals surface area contributed by atoms with Gasteiger partial charge in [0, 0.05) is 10.9 Å². The molecule has 0 spiro atoms. The predicted molar refractivity (Wildman–Crippen MR) is 106 cm³/mol. The molecule has 1 aliphatic carbocycles. The number of amides is 1. The van der Waals surface area contributed by atoms with Gasteiger partial charge in [0.2, 0.25) is 5.91 Å². The SMILES string of the molecule is O=C(NCc1nc(-c2ccccc2)cs1)C1(c2cccc(F)c2)CCCC1. The molecule has 0 atom stereocenters. The Bertz CT molecular complexity index is 932. The maximum Gasteiger partial charge on any atom is 0.231 e. The van der Waals surface area contributed by atoms with Crippen molar-refractivity contribution in [1.82, 2.24) is 10.3 Å². The fraction of sp³-hybridized carbons (Fsp3) is 0.273. The molecule has 3 aromatic rings. The van der Waals surface area contributed by atoms with Crippen LogP contribution in [0.4, 0.5) is 4.39 Å². The van der Waals surface area contributed by atoms with E-state index in [2.05, 4.69) is 10.3 Å². The molecule has 0 radical (unpaired) electrons. The number of benzene rings is 2. The maximum absolute atomic E-state index is 13.7. The van der Waals surface area contributed by atoms with Crippen molar-refractivity contribution in [1.29, 1.82) is 0 Å². The monoisotopic (exact) mass is 380 g/mol. The average molecular weight is 380 g/mol. The van der Waals surface area contributed by atoms with Gasteiger partial charge in [-0.25, -0.2) is 9.37 Å². The second kappa shape index (κ2) is 7.61. The highest BCUT2D eigenvalue weighted by molar-refractivity contribution is 7.09. The van der Waals surface area contributed by atoms with Crippen LogP contribution in [0.5, 0.6) is 0 Å². The molecule has 1 fully saturated rings. The van der Waals surface area contributed by atoms with Crippen LogP contribution in [0, 0.1) is 5.82 Å². The molecule has 0 saturated heterocycles. The Hall–Kier alpha value is -2.53. The minimum Gasteiger partial charge on any atom is -0.349 e. The van der Waals surface area contributed by atoms with E-state index in [9.17, 15) is 9.18 Å². The quantitative estimate of drug-likeness (QED) is 0.671. The standard InChI is InChI=1S/C22H21FN2OS/c23-18-10-6-9-17(13-18)22(11-4-5-12-22)21(26)24-14-20-25-19(15-27-20)16-7-2-1-3-8-16/h1-3,6-10,13,15H,4-5,11-12,14H2,(H,24,26). The van der Waals surface area contributed by atoms with Crippen molar-refractivity contribution >= 4 is 17.2 Å². The molecule has 0 aliphatic heterocycles. The summed E-state index contributed by atoms with van der Waals surface area (Å²) < 4.78 is 13.7. The lowest BCUT2D eigenvalue weighted by atomic mass is 9.78. The van der Waals surface area contributed by atoms with Crippen molar-refractivity contribution in [2.45, 2.75) is 37.6 Å². The number of hydrogen-bond acceptors (Lipinski definition) is 3. The van der Waals surface area contributed by atoms with E-state index in [-0.39, 0.29) is 11.7 Å². The summed E-state index contributed by atoms with van der Waals surface area (Å²) in [7, 11) is 0. The van der Waals surface area contributed by atoms with Crippen LogP contribution in [0.1, 0.15) is 36.3 Å². The van der Waals surface area contributed by atoms with Crippen LogP contribution in [-0.4, -0.2) is 10.9 Å². The number of nitrogens with one attached hydrogen (secondary N) is 1. The van der Waals surface area contributed by atoms with Crippen LogP contribution in [-0.2, 0) is 16.8 Å². The van der Waals surface area contributed by atoms with Crippen molar-refractivity contribution in [2.75, 3.05) is 0 Å². The molecule has 1 aliphatic rings. The summed E-state index contributed by atoms with van der Waals surface area (Å²) in [6.45, 7) is 0.396. The van der Waals surface area contributed by atoms with E-state index in [1.807, 2.05) is 41.8 Å². The predicted octanol–water partition coefficient (Wildman–Crippen LogP) is 5.08. The van der Waals surface area contributed by atoms with E-state index in [1.165, 1.54) is 12.1 Å². The van der Waals surface area contributed by atoms with Crippen LogP contribution < -0.4 is 5.32 Å². The minimum absolute atomic E-state index is 0.0259. The molecule has 1 heterocycles. The number of carbonyl (C=O) groups excluding carboxylic acids is 1. The van der Waals surface area contributed by atoms with Crippen LogP contribution in [0.15, 0.2) is 60.0 Å². The third kappa shape index (κ3) is 3.65. The summed E-state index contributed by atoms with van der Waals surface area (Å²) in [6, 6.07) is 16.5. The number of aromatic nitrogens is 1. The molecule has 2 aromatic carbocycles. The second-order valence-corrected chi connectivity index (χ2v) is 7.92. The van der Waals surface area contributed by atoms with Gasteiger partial charge < -0.3 is 5.32 Å². The zero-order valence-corrected chi connectivity index (χ0v) is 15.8. The summed E-state index contributed by atoms with van der Waals surface area (Å²) in [4.78, 5) is 17.7. The Kier molecular flexibility index (Phi) is 5.03. The van der Waals surface area contributed by atoms with Gasteiger partial charge in [-0.05, 0) is 30.5 Å². The summed E-state index contributed by atoms with van der Waals surface area (Å²) in [5, 5.41) is 5.93. The Morgan fingerprint density at radius 2 is 1.89 bits per heavy atom. The van der Waals surface area contributed by atoms with Crippen LogP contribution in [0.25, 0.3) is 11.3 Å². The van der Waals surface area contributed by atoms with E-state index in [4.69, 9.17) is 0 Å². The molecule has 1 aromatic heterocycles. The zero-order chi connectivity index (χ0) is 18.7. The molecule has 5 heteroatoms. The van der Waals surface area contributed by atoms with Gasteiger partial charge in [0.15, 0.2) is 0 Å². The first-order valence-corrected chi connectivity index (χ1v) is 10.1. The van der Waals surface area contributed by atoms with E-state index >= 15 is 0 Å². The molecule has 0 unspecified atom stereocenters. The Morgan fingerprint density at radius 1 is 1.11 bits per heavy atom. The third-order valence-electron chi connectivity index (χ3n) is 5.29. The maximum atomic E-state index is 13.7. The molecule has 1 saturated carbocycles. The Balaban J connectivity index is 1.49. The van der Waals surface area contributed by atoms with Crippen LogP contribution in [0.3, 0.4) is 0 Å². The summed E-state index contributed by atoms with van der Waals surface area (Å²) in [5.74, 6) is -0.318. The normalized spacial score (nSPS) is 15.6. The first-order chi connectivity index (χ1) is 13.2. The highest BCUT2D eigenvalue weighted by Crippen LogP contribution is 2.41. The van der Waals surface area contributed by atoms with E-state index in [1.54, 1.807) is 17.4 Å². The molecule has 4 rings (SSSR count). The lowest BCUT2D eigenvalue weighted by molar-refractivity contribution is -0.126. The fourth-order valence-corrected chi connectivity index (χ4v) is 4.61. The molecule has 1 amide bonds. The van der Waals surface area contributed by atoms with Gasteiger partial charge in [0.05, 0.1) is 17.7 Å². The minimum atomic E-state index is -0.623.